The molecular weight excluding hydrogens is 322 g/mol. The van der Waals surface area contributed by atoms with Gasteiger partial charge in [0.25, 0.3) is 0 Å². The second-order valence-electron chi connectivity index (χ2n) is 5.40. The Morgan fingerprint density at radius 1 is 1.45 bits per heavy atom. The van der Waals surface area contributed by atoms with Crippen molar-refractivity contribution in [3.05, 3.63) is 22.9 Å². The standard InChI is InChI=1S/C16H24ClNO3S/c1-4-22-11(2)8-13-9-14(19)16(15(20)10-13)12(3)18-21-7-5-6-17/h5-6,11,13,18H,4,7-10H2,1-3H3/b6-5+,16-12?. The number of hydroxylamine groups is 1. The highest BCUT2D eigenvalue weighted by Gasteiger charge is 2.32. The molecule has 1 aliphatic rings. The molecule has 1 unspecified atom stereocenters. The zero-order valence-electron chi connectivity index (χ0n) is 13.4. The zero-order chi connectivity index (χ0) is 16.5. The van der Waals surface area contributed by atoms with Gasteiger partial charge in [0.1, 0.15) is 0 Å². The van der Waals surface area contributed by atoms with Crippen LogP contribution in [0.15, 0.2) is 22.9 Å². The highest BCUT2D eigenvalue weighted by Crippen LogP contribution is 2.30. The molecule has 124 valence electrons. The molecular formula is C16H24ClNO3S. The molecule has 0 radical (unpaired) electrons. The lowest BCUT2D eigenvalue weighted by molar-refractivity contribution is -0.125. The molecule has 0 bridgehead atoms. The first-order valence-electron chi connectivity index (χ1n) is 7.51. The molecule has 0 saturated heterocycles. The van der Waals surface area contributed by atoms with Gasteiger partial charge in [0, 0.05) is 29.3 Å². The Balaban J connectivity index is 2.62. The third kappa shape index (κ3) is 6.15. The van der Waals surface area contributed by atoms with Crippen LogP contribution in [-0.4, -0.2) is 29.2 Å². The number of thioether (sulfide) groups is 1. The summed E-state index contributed by atoms with van der Waals surface area (Å²) in [5, 5.41) is 0.478. The maximum atomic E-state index is 12.3. The molecule has 1 rings (SSSR count). The fourth-order valence-electron chi connectivity index (χ4n) is 2.65. The van der Waals surface area contributed by atoms with Crippen molar-refractivity contribution in [3.8, 4) is 0 Å². The van der Waals surface area contributed by atoms with Gasteiger partial charge in [0.05, 0.1) is 12.2 Å². The van der Waals surface area contributed by atoms with E-state index in [0.29, 0.717) is 23.8 Å². The molecule has 0 spiro atoms. The van der Waals surface area contributed by atoms with E-state index >= 15 is 0 Å². The number of nitrogens with one attached hydrogen (secondary N) is 1. The van der Waals surface area contributed by atoms with E-state index in [2.05, 4.69) is 19.3 Å². The van der Waals surface area contributed by atoms with E-state index in [0.717, 1.165) is 12.2 Å². The van der Waals surface area contributed by atoms with E-state index in [9.17, 15) is 9.59 Å². The Morgan fingerprint density at radius 2 is 2.09 bits per heavy atom. The van der Waals surface area contributed by atoms with Crippen molar-refractivity contribution < 1.29 is 14.4 Å². The minimum absolute atomic E-state index is 0.0866. The normalized spacial score (nSPS) is 20.5. The van der Waals surface area contributed by atoms with Gasteiger partial charge in [-0.15, -0.1) is 0 Å². The van der Waals surface area contributed by atoms with Gasteiger partial charge in [-0.25, -0.2) is 0 Å². The second kappa shape index (κ2) is 10.1. The molecule has 22 heavy (non-hydrogen) atoms. The lowest BCUT2D eigenvalue weighted by Crippen LogP contribution is -2.30. The van der Waals surface area contributed by atoms with Gasteiger partial charge in [-0.05, 0) is 31.1 Å². The Bertz CT molecular complexity index is 442. The lowest BCUT2D eigenvalue weighted by atomic mass is 9.81. The number of rotatable bonds is 8. The van der Waals surface area contributed by atoms with Crippen molar-refractivity contribution in [2.75, 3.05) is 12.4 Å². The monoisotopic (exact) mass is 345 g/mol. The molecule has 0 aromatic rings. The molecule has 6 heteroatoms. The topological polar surface area (TPSA) is 55.4 Å². The van der Waals surface area contributed by atoms with Crippen LogP contribution < -0.4 is 5.48 Å². The van der Waals surface area contributed by atoms with Crippen LogP contribution in [0.1, 0.15) is 40.0 Å². The second-order valence-corrected chi connectivity index (χ2v) is 7.36. The molecule has 0 amide bonds. The first-order valence-corrected chi connectivity index (χ1v) is 8.99. The summed E-state index contributed by atoms with van der Waals surface area (Å²) < 4.78 is 0. The third-order valence-electron chi connectivity index (χ3n) is 3.49. The van der Waals surface area contributed by atoms with Crippen LogP contribution in [0.2, 0.25) is 0 Å². The minimum atomic E-state index is -0.0866. The van der Waals surface area contributed by atoms with Gasteiger partial charge < -0.3 is 0 Å². The van der Waals surface area contributed by atoms with E-state index in [-0.39, 0.29) is 29.7 Å². The summed E-state index contributed by atoms with van der Waals surface area (Å²) in [6.07, 6.45) is 3.40. The number of carbonyl (C=O) groups is 2. The van der Waals surface area contributed by atoms with E-state index in [1.165, 1.54) is 5.54 Å². The van der Waals surface area contributed by atoms with Gasteiger partial charge in [-0.1, -0.05) is 25.4 Å². The highest BCUT2D eigenvalue weighted by atomic mass is 35.5. The maximum Gasteiger partial charge on any atom is 0.168 e. The fourth-order valence-corrected chi connectivity index (χ4v) is 3.70. The van der Waals surface area contributed by atoms with Crippen LogP contribution in [0.3, 0.4) is 0 Å². The van der Waals surface area contributed by atoms with E-state index in [4.69, 9.17) is 16.4 Å². The molecule has 1 saturated carbocycles. The van der Waals surface area contributed by atoms with Crippen LogP contribution in [0, 0.1) is 5.92 Å². The summed E-state index contributed by atoms with van der Waals surface area (Å²) in [5.74, 6) is 1.04. The van der Waals surface area contributed by atoms with Crippen LogP contribution in [0.4, 0.5) is 0 Å². The van der Waals surface area contributed by atoms with E-state index in [1.54, 1.807) is 13.0 Å². The largest absolute Gasteiger partial charge is 0.294 e. The fraction of sp³-hybridized carbons (Fsp3) is 0.625. The van der Waals surface area contributed by atoms with Crippen molar-refractivity contribution in [1.29, 1.82) is 0 Å². The quantitative estimate of drug-likeness (QED) is 0.315. The van der Waals surface area contributed by atoms with Crippen molar-refractivity contribution in [3.63, 3.8) is 0 Å². The molecule has 0 heterocycles. The molecule has 0 aromatic carbocycles. The third-order valence-corrected chi connectivity index (χ3v) is 4.76. The number of hydrogen-bond donors (Lipinski definition) is 1. The number of ketones is 2. The Kier molecular flexibility index (Phi) is 8.83. The molecule has 1 N–H and O–H groups in total. The van der Waals surface area contributed by atoms with Crippen LogP contribution in [-0.2, 0) is 14.4 Å². The number of hydrogen-bond acceptors (Lipinski definition) is 5. The molecule has 4 nitrogen and oxygen atoms in total. The predicted octanol–water partition coefficient (Wildman–Crippen LogP) is 3.61. The highest BCUT2D eigenvalue weighted by molar-refractivity contribution is 7.99. The average molecular weight is 346 g/mol. The molecule has 1 aliphatic carbocycles. The Morgan fingerprint density at radius 3 is 2.64 bits per heavy atom. The molecule has 1 atom stereocenters. The van der Waals surface area contributed by atoms with Crippen molar-refractivity contribution in [2.45, 2.75) is 45.3 Å². The minimum Gasteiger partial charge on any atom is -0.294 e. The van der Waals surface area contributed by atoms with Crippen molar-refractivity contribution in [1.82, 2.24) is 5.48 Å². The van der Waals surface area contributed by atoms with Gasteiger partial charge >= 0.3 is 0 Å². The van der Waals surface area contributed by atoms with E-state index in [1.807, 2.05) is 11.8 Å². The Labute approximate surface area is 141 Å². The molecule has 1 fully saturated rings. The van der Waals surface area contributed by atoms with Crippen molar-refractivity contribution in [2.24, 2.45) is 5.92 Å². The summed E-state index contributed by atoms with van der Waals surface area (Å²) in [6.45, 7) is 6.23. The zero-order valence-corrected chi connectivity index (χ0v) is 14.9. The number of carbonyl (C=O) groups excluding carboxylic acids is 2. The van der Waals surface area contributed by atoms with Crippen LogP contribution >= 0.6 is 23.4 Å². The van der Waals surface area contributed by atoms with Gasteiger partial charge in [0.2, 0.25) is 0 Å². The number of halogens is 1. The van der Waals surface area contributed by atoms with Crippen molar-refractivity contribution >= 4 is 34.9 Å². The number of allylic oxidation sites excluding steroid dienone is 2. The van der Waals surface area contributed by atoms with E-state index < -0.39 is 0 Å². The average Bonchev–Trinajstić information content (AvgIpc) is 2.43. The molecule has 0 aliphatic heterocycles. The summed E-state index contributed by atoms with van der Waals surface area (Å²) in [7, 11) is 0. The molecule has 0 aromatic heterocycles. The summed E-state index contributed by atoms with van der Waals surface area (Å²) in [5.41, 5.74) is 4.73. The Hall–Kier alpha value is -0.780. The summed E-state index contributed by atoms with van der Waals surface area (Å²) in [4.78, 5) is 29.7. The predicted molar refractivity (Wildman–Crippen MR) is 91.7 cm³/mol. The van der Waals surface area contributed by atoms with Gasteiger partial charge in [-0.2, -0.15) is 11.8 Å². The van der Waals surface area contributed by atoms with Gasteiger partial charge in [0.15, 0.2) is 11.6 Å². The summed E-state index contributed by atoms with van der Waals surface area (Å²) >= 11 is 7.25. The van der Waals surface area contributed by atoms with Crippen LogP contribution in [0.5, 0.6) is 0 Å². The first-order chi connectivity index (χ1) is 10.5. The first kappa shape index (κ1) is 19.3. The smallest absolute Gasteiger partial charge is 0.168 e. The SMILES string of the molecule is CCSC(C)CC1CC(=O)C(=C(C)NOC/C=C/Cl)C(=O)C1. The van der Waals surface area contributed by atoms with Gasteiger partial charge in [-0.3, -0.25) is 19.9 Å². The summed E-state index contributed by atoms with van der Waals surface area (Å²) in [6, 6.07) is 0. The lowest BCUT2D eigenvalue weighted by Gasteiger charge is -2.25. The maximum absolute atomic E-state index is 12.3. The number of Topliss-reactive ketones (excluding diaryl/α,β-unsaturated/α-hetero) is 2. The van der Waals surface area contributed by atoms with Crippen LogP contribution in [0.25, 0.3) is 0 Å².